The predicted octanol–water partition coefficient (Wildman–Crippen LogP) is 5.19. The molecule has 0 spiro atoms. The molecule has 0 saturated heterocycles. The molecule has 2 rings (SSSR count). The number of rotatable bonds is 11. The van der Waals surface area contributed by atoms with Gasteiger partial charge >= 0.3 is 0 Å². The van der Waals surface area contributed by atoms with Crippen LogP contribution in [-0.2, 0) is 0 Å². The number of aliphatic hydroxyl groups excluding tert-OH is 2. The van der Waals surface area contributed by atoms with Gasteiger partial charge in [-0.3, -0.25) is 0 Å². The van der Waals surface area contributed by atoms with Crippen molar-refractivity contribution in [3.63, 3.8) is 0 Å². The summed E-state index contributed by atoms with van der Waals surface area (Å²) >= 11 is 0. The molecule has 25 heavy (non-hydrogen) atoms. The van der Waals surface area contributed by atoms with E-state index in [9.17, 15) is 10.2 Å². The minimum atomic E-state index is -1.01. The maximum atomic E-state index is 10.6. The predicted molar refractivity (Wildman–Crippen MR) is 102 cm³/mol. The van der Waals surface area contributed by atoms with Crippen LogP contribution in [0.5, 0.6) is 5.75 Å². The molecule has 0 saturated carbocycles. The fraction of sp³-hybridized carbons (Fsp3) is 0.455. The monoisotopic (exact) mass is 342 g/mol. The molecule has 0 radical (unpaired) electrons. The maximum absolute atomic E-state index is 10.6. The molecule has 2 atom stereocenters. The van der Waals surface area contributed by atoms with E-state index in [1.165, 1.54) is 25.7 Å². The topological polar surface area (TPSA) is 49.7 Å². The largest absolute Gasteiger partial charge is 0.493 e. The van der Waals surface area contributed by atoms with Crippen molar-refractivity contribution >= 4 is 0 Å². The minimum Gasteiger partial charge on any atom is -0.493 e. The van der Waals surface area contributed by atoms with Gasteiger partial charge in [0.1, 0.15) is 18.0 Å². The number of hydrogen-bond acceptors (Lipinski definition) is 3. The third kappa shape index (κ3) is 6.18. The third-order valence-electron chi connectivity index (χ3n) is 4.43. The van der Waals surface area contributed by atoms with Gasteiger partial charge < -0.3 is 14.9 Å². The summed E-state index contributed by atoms with van der Waals surface area (Å²) in [4.78, 5) is 0. The molecule has 2 aromatic carbocycles. The molecule has 0 fully saturated rings. The van der Waals surface area contributed by atoms with E-state index in [1.807, 2.05) is 54.6 Å². The zero-order chi connectivity index (χ0) is 17.9. The number of ether oxygens (including phenoxy) is 1. The third-order valence-corrected chi connectivity index (χ3v) is 4.43. The van der Waals surface area contributed by atoms with Gasteiger partial charge in [0.25, 0.3) is 0 Å². The normalized spacial score (nSPS) is 13.4. The number of hydrogen-bond donors (Lipinski definition) is 2. The van der Waals surface area contributed by atoms with Crippen LogP contribution in [0.25, 0.3) is 0 Å². The summed E-state index contributed by atoms with van der Waals surface area (Å²) in [7, 11) is 0. The molecule has 0 aliphatic rings. The highest BCUT2D eigenvalue weighted by Gasteiger charge is 2.23. The lowest BCUT2D eigenvalue weighted by molar-refractivity contribution is 0.0155. The molecule has 0 aromatic heterocycles. The molecule has 0 amide bonds. The number of aliphatic hydroxyl groups is 2. The zero-order valence-corrected chi connectivity index (χ0v) is 15.1. The second-order valence-corrected chi connectivity index (χ2v) is 6.45. The van der Waals surface area contributed by atoms with Crippen LogP contribution in [0.4, 0.5) is 0 Å². The lowest BCUT2D eigenvalue weighted by Crippen LogP contribution is -2.12. The van der Waals surface area contributed by atoms with E-state index in [-0.39, 0.29) is 0 Å². The molecule has 3 heteroatoms. The van der Waals surface area contributed by atoms with Gasteiger partial charge in [0.2, 0.25) is 0 Å². The van der Waals surface area contributed by atoms with E-state index in [4.69, 9.17) is 4.74 Å². The van der Waals surface area contributed by atoms with Crippen molar-refractivity contribution in [1.29, 1.82) is 0 Å². The summed E-state index contributed by atoms with van der Waals surface area (Å²) in [6.45, 7) is 2.85. The maximum Gasteiger partial charge on any atom is 0.125 e. The van der Waals surface area contributed by atoms with Gasteiger partial charge in [0.15, 0.2) is 0 Å². The Kier molecular flexibility index (Phi) is 8.50. The van der Waals surface area contributed by atoms with Gasteiger partial charge in [-0.15, -0.1) is 0 Å². The Morgan fingerprint density at radius 3 is 2.16 bits per heavy atom. The summed E-state index contributed by atoms with van der Waals surface area (Å²) < 4.78 is 5.88. The van der Waals surface area contributed by atoms with Crippen molar-refractivity contribution < 1.29 is 14.9 Å². The summed E-state index contributed by atoms with van der Waals surface area (Å²) in [6, 6.07) is 16.6. The zero-order valence-electron chi connectivity index (χ0n) is 15.1. The molecule has 0 heterocycles. The second-order valence-electron chi connectivity index (χ2n) is 6.45. The standard InChI is InChI=1S/C22H30O3/c1-2-3-4-5-6-12-17-25-20-16-11-10-15-19(20)22(24)21(23)18-13-8-7-9-14-18/h7-11,13-16,21-24H,2-6,12,17H2,1H3. The molecule has 0 bridgehead atoms. The van der Waals surface area contributed by atoms with Crippen LogP contribution in [0.15, 0.2) is 54.6 Å². The molecule has 0 aliphatic heterocycles. The Balaban J connectivity index is 1.91. The first-order chi connectivity index (χ1) is 12.2. The highest BCUT2D eigenvalue weighted by molar-refractivity contribution is 5.37. The quantitative estimate of drug-likeness (QED) is 0.552. The van der Waals surface area contributed by atoms with E-state index < -0.39 is 12.2 Å². The average Bonchev–Trinajstić information content (AvgIpc) is 2.67. The fourth-order valence-electron chi connectivity index (χ4n) is 2.92. The van der Waals surface area contributed by atoms with Crippen molar-refractivity contribution in [3.8, 4) is 5.75 Å². The number of para-hydroxylation sites is 1. The van der Waals surface area contributed by atoms with Gasteiger partial charge in [-0.05, 0) is 18.1 Å². The Hall–Kier alpha value is -1.84. The summed E-state index contributed by atoms with van der Waals surface area (Å²) in [6.07, 6.45) is 5.28. The van der Waals surface area contributed by atoms with Crippen molar-refractivity contribution in [1.82, 2.24) is 0 Å². The highest BCUT2D eigenvalue weighted by Crippen LogP contribution is 2.34. The van der Waals surface area contributed by atoms with Crippen LogP contribution in [0.3, 0.4) is 0 Å². The molecule has 3 nitrogen and oxygen atoms in total. The smallest absolute Gasteiger partial charge is 0.125 e. The van der Waals surface area contributed by atoms with Crippen molar-refractivity contribution in [3.05, 3.63) is 65.7 Å². The molecule has 2 N–H and O–H groups in total. The van der Waals surface area contributed by atoms with Crippen molar-refractivity contribution in [2.75, 3.05) is 6.61 Å². The molecule has 2 aromatic rings. The molecule has 136 valence electrons. The van der Waals surface area contributed by atoms with E-state index in [0.29, 0.717) is 23.5 Å². The summed E-state index contributed by atoms with van der Waals surface area (Å²) in [5.41, 5.74) is 1.32. The fourth-order valence-corrected chi connectivity index (χ4v) is 2.92. The van der Waals surface area contributed by atoms with Crippen LogP contribution >= 0.6 is 0 Å². The van der Waals surface area contributed by atoms with E-state index >= 15 is 0 Å². The molecular formula is C22H30O3. The Bertz CT molecular complexity index is 597. The van der Waals surface area contributed by atoms with Crippen LogP contribution < -0.4 is 4.74 Å². The van der Waals surface area contributed by atoms with Crippen LogP contribution in [0.2, 0.25) is 0 Å². The average molecular weight is 342 g/mol. The van der Waals surface area contributed by atoms with Gasteiger partial charge in [0, 0.05) is 5.56 Å². The first kappa shape index (κ1) is 19.5. The van der Waals surface area contributed by atoms with Crippen molar-refractivity contribution in [2.45, 2.75) is 57.7 Å². The number of benzene rings is 2. The Labute approximate surface area is 151 Å². The minimum absolute atomic E-state index is 0.629. The Morgan fingerprint density at radius 1 is 0.760 bits per heavy atom. The van der Waals surface area contributed by atoms with E-state index in [2.05, 4.69) is 6.92 Å². The van der Waals surface area contributed by atoms with Gasteiger partial charge in [-0.25, -0.2) is 0 Å². The van der Waals surface area contributed by atoms with Crippen LogP contribution in [-0.4, -0.2) is 16.8 Å². The van der Waals surface area contributed by atoms with Gasteiger partial charge in [-0.1, -0.05) is 87.6 Å². The molecule has 2 unspecified atom stereocenters. The Morgan fingerprint density at radius 2 is 1.40 bits per heavy atom. The van der Waals surface area contributed by atoms with E-state index in [1.54, 1.807) is 0 Å². The summed E-state index contributed by atoms with van der Waals surface area (Å²) in [5, 5.41) is 21.0. The molecular weight excluding hydrogens is 312 g/mol. The van der Waals surface area contributed by atoms with Crippen LogP contribution in [0, 0.1) is 0 Å². The summed E-state index contributed by atoms with van der Waals surface area (Å²) in [5.74, 6) is 0.651. The number of unbranched alkanes of at least 4 members (excludes halogenated alkanes) is 5. The lowest BCUT2D eigenvalue weighted by atomic mass is 9.98. The first-order valence-electron chi connectivity index (χ1n) is 9.37. The van der Waals surface area contributed by atoms with Gasteiger partial charge in [0.05, 0.1) is 6.61 Å². The van der Waals surface area contributed by atoms with E-state index in [0.717, 1.165) is 12.8 Å². The molecule has 0 aliphatic carbocycles. The first-order valence-corrected chi connectivity index (χ1v) is 9.37. The highest BCUT2D eigenvalue weighted by atomic mass is 16.5. The van der Waals surface area contributed by atoms with Crippen LogP contribution in [0.1, 0.15) is 68.8 Å². The lowest BCUT2D eigenvalue weighted by Gasteiger charge is -2.21. The second kappa shape index (κ2) is 10.9. The van der Waals surface area contributed by atoms with Gasteiger partial charge in [-0.2, -0.15) is 0 Å². The van der Waals surface area contributed by atoms with Crippen molar-refractivity contribution in [2.24, 2.45) is 0 Å². The SMILES string of the molecule is CCCCCCCCOc1ccccc1C(O)C(O)c1ccccc1.